The van der Waals surface area contributed by atoms with Gasteiger partial charge in [0, 0.05) is 24.6 Å². The molecule has 1 amide bonds. The zero-order chi connectivity index (χ0) is 15.7. The Morgan fingerprint density at radius 2 is 2.23 bits per heavy atom. The van der Waals surface area contributed by atoms with Gasteiger partial charge < -0.3 is 9.64 Å². The van der Waals surface area contributed by atoms with Crippen LogP contribution in [0.2, 0.25) is 0 Å². The molecule has 1 aromatic carbocycles. The molecule has 1 aromatic rings. The number of nitrogens with zero attached hydrogens (tertiary/aromatic N) is 1. The lowest BCUT2D eigenvalue weighted by molar-refractivity contribution is 0.0697. The molecule has 6 heteroatoms. The highest BCUT2D eigenvalue weighted by atomic mass is 32.2. The smallest absolute Gasteiger partial charge is 0.254 e. The zero-order valence-corrected chi connectivity index (χ0v) is 13.6. The second-order valence-electron chi connectivity index (χ2n) is 5.98. The van der Waals surface area contributed by atoms with Gasteiger partial charge in [-0.15, -0.1) is 0 Å². The van der Waals surface area contributed by atoms with Crippen LogP contribution < -0.4 is 4.74 Å². The molecule has 1 atom stereocenters. The molecule has 2 aliphatic heterocycles. The maximum Gasteiger partial charge on any atom is 0.254 e. The minimum absolute atomic E-state index is 0.0707. The summed E-state index contributed by atoms with van der Waals surface area (Å²) in [5.41, 5.74) is 1.68. The number of hydrogen-bond donors (Lipinski definition) is 0. The van der Waals surface area contributed by atoms with Gasteiger partial charge in [-0.1, -0.05) is 6.92 Å². The maximum atomic E-state index is 12.8. The van der Waals surface area contributed by atoms with Crippen LogP contribution >= 0.6 is 0 Å². The van der Waals surface area contributed by atoms with Crippen molar-refractivity contribution in [2.24, 2.45) is 0 Å². The van der Waals surface area contributed by atoms with Crippen molar-refractivity contribution in [2.75, 3.05) is 24.7 Å². The SMILES string of the molecule is CCCN(C(=O)c1ccc2c(c1)CCO2)C1CCS(=O)(=O)C1. The van der Waals surface area contributed by atoms with E-state index in [0.717, 1.165) is 24.2 Å². The number of fused-ring (bicyclic) bond motifs is 1. The van der Waals surface area contributed by atoms with Crippen LogP contribution in [0.5, 0.6) is 5.75 Å². The van der Waals surface area contributed by atoms with Crippen molar-refractivity contribution in [3.63, 3.8) is 0 Å². The van der Waals surface area contributed by atoms with E-state index in [-0.39, 0.29) is 23.5 Å². The highest BCUT2D eigenvalue weighted by molar-refractivity contribution is 7.91. The second kappa shape index (κ2) is 5.91. The maximum absolute atomic E-state index is 12.8. The van der Waals surface area contributed by atoms with E-state index in [2.05, 4.69) is 0 Å². The van der Waals surface area contributed by atoms with E-state index in [0.29, 0.717) is 25.1 Å². The summed E-state index contributed by atoms with van der Waals surface area (Å²) in [6.45, 7) is 3.25. The molecule has 0 bridgehead atoms. The first-order chi connectivity index (χ1) is 10.5. The molecule has 0 aliphatic carbocycles. The predicted octanol–water partition coefficient (Wildman–Crippen LogP) is 1.66. The fraction of sp³-hybridized carbons (Fsp3) is 0.562. The first-order valence-electron chi connectivity index (χ1n) is 7.77. The van der Waals surface area contributed by atoms with Crippen LogP contribution in [0.3, 0.4) is 0 Å². The van der Waals surface area contributed by atoms with Crippen LogP contribution in [-0.4, -0.2) is 49.9 Å². The first kappa shape index (κ1) is 15.3. The number of benzene rings is 1. The lowest BCUT2D eigenvalue weighted by Gasteiger charge is -2.28. The normalized spacial score (nSPS) is 22.1. The van der Waals surface area contributed by atoms with Crippen LogP contribution in [0.1, 0.15) is 35.7 Å². The van der Waals surface area contributed by atoms with Gasteiger partial charge in [-0.3, -0.25) is 4.79 Å². The third-order valence-electron chi connectivity index (χ3n) is 4.31. The molecule has 1 fully saturated rings. The van der Waals surface area contributed by atoms with Crippen LogP contribution in [0.4, 0.5) is 0 Å². The molecule has 1 unspecified atom stereocenters. The molecule has 2 aliphatic rings. The molecule has 5 nitrogen and oxygen atoms in total. The van der Waals surface area contributed by atoms with Crippen molar-refractivity contribution >= 4 is 15.7 Å². The highest BCUT2D eigenvalue weighted by Crippen LogP contribution is 2.27. The van der Waals surface area contributed by atoms with Crippen molar-refractivity contribution in [1.29, 1.82) is 0 Å². The van der Waals surface area contributed by atoms with Gasteiger partial charge in [0.2, 0.25) is 0 Å². The van der Waals surface area contributed by atoms with Gasteiger partial charge in [0.15, 0.2) is 9.84 Å². The van der Waals surface area contributed by atoms with E-state index in [9.17, 15) is 13.2 Å². The van der Waals surface area contributed by atoms with E-state index in [1.807, 2.05) is 19.1 Å². The summed E-state index contributed by atoms with van der Waals surface area (Å²) in [4.78, 5) is 14.6. The molecular formula is C16H21NO4S. The number of rotatable bonds is 4. The van der Waals surface area contributed by atoms with Gasteiger partial charge in [-0.05, 0) is 36.6 Å². The van der Waals surface area contributed by atoms with Gasteiger partial charge in [0.05, 0.1) is 18.1 Å². The quantitative estimate of drug-likeness (QED) is 0.845. The molecule has 2 heterocycles. The molecular weight excluding hydrogens is 302 g/mol. The van der Waals surface area contributed by atoms with Crippen LogP contribution in [-0.2, 0) is 16.3 Å². The summed E-state index contributed by atoms with van der Waals surface area (Å²) in [5, 5.41) is 0. The van der Waals surface area contributed by atoms with Crippen molar-refractivity contribution in [3.8, 4) is 5.75 Å². The monoisotopic (exact) mass is 323 g/mol. The van der Waals surface area contributed by atoms with E-state index < -0.39 is 9.84 Å². The first-order valence-corrected chi connectivity index (χ1v) is 9.59. The van der Waals surface area contributed by atoms with E-state index >= 15 is 0 Å². The van der Waals surface area contributed by atoms with E-state index in [1.54, 1.807) is 11.0 Å². The second-order valence-corrected chi connectivity index (χ2v) is 8.21. The average Bonchev–Trinajstić information content (AvgIpc) is 3.09. The fourth-order valence-corrected chi connectivity index (χ4v) is 4.93. The minimum atomic E-state index is -3.00. The summed E-state index contributed by atoms with van der Waals surface area (Å²) >= 11 is 0. The summed E-state index contributed by atoms with van der Waals surface area (Å²) in [7, 11) is -3.00. The fourth-order valence-electron chi connectivity index (χ4n) is 3.20. The molecule has 0 saturated carbocycles. The van der Waals surface area contributed by atoms with Crippen molar-refractivity contribution in [2.45, 2.75) is 32.2 Å². The molecule has 0 radical (unpaired) electrons. The Labute approximate surface area is 131 Å². The zero-order valence-electron chi connectivity index (χ0n) is 12.7. The third-order valence-corrected chi connectivity index (χ3v) is 6.06. The molecule has 3 rings (SSSR count). The van der Waals surface area contributed by atoms with Crippen LogP contribution in [0.15, 0.2) is 18.2 Å². The minimum Gasteiger partial charge on any atom is -0.493 e. The number of carbonyl (C=O) groups is 1. The lowest BCUT2D eigenvalue weighted by atomic mass is 10.1. The van der Waals surface area contributed by atoms with Gasteiger partial charge in [0.25, 0.3) is 5.91 Å². The molecule has 1 saturated heterocycles. The van der Waals surface area contributed by atoms with E-state index in [4.69, 9.17) is 4.74 Å². The number of ether oxygens (including phenoxy) is 1. The van der Waals surface area contributed by atoms with Crippen molar-refractivity contribution in [3.05, 3.63) is 29.3 Å². The Hall–Kier alpha value is -1.56. The number of carbonyl (C=O) groups excluding carboxylic acids is 1. The van der Waals surface area contributed by atoms with Crippen LogP contribution in [0.25, 0.3) is 0 Å². The molecule has 120 valence electrons. The Balaban J connectivity index is 1.83. The Kier molecular flexibility index (Phi) is 4.12. The van der Waals surface area contributed by atoms with Gasteiger partial charge in [0.1, 0.15) is 5.75 Å². The van der Waals surface area contributed by atoms with E-state index in [1.165, 1.54) is 0 Å². The predicted molar refractivity (Wildman–Crippen MR) is 84.0 cm³/mol. The Morgan fingerprint density at radius 1 is 1.41 bits per heavy atom. The summed E-state index contributed by atoms with van der Waals surface area (Å²) < 4.78 is 28.9. The lowest BCUT2D eigenvalue weighted by Crippen LogP contribution is -2.41. The largest absolute Gasteiger partial charge is 0.493 e. The molecule has 22 heavy (non-hydrogen) atoms. The topological polar surface area (TPSA) is 63.7 Å². The molecule has 0 aromatic heterocycles. The molecule has 0 N–H and O–H groups in total. The van der Waals surface area contributed by atoms with Crippen molar-refractivity contribution in [1.82, 2.24) is 4.90 Å². The Morgan fingerprint density at radius 3 is 2.91 bits per heavy atom. The summed E-state index contributed by atoms with van der Waals surface area (Å²) in [6, 6.07) is 5.31. The number of amides is 1. The third kappa shape index (κ3) is 2.97. The van der Waals surface area contributed by atoms with Crippen molar-refractivity contribution < 1.29 is 17.9 Å². The summed E-state index contributed by atoms with van der Waals surface area (Å²) in [6.07, 6.45) is 2.18. The summed E-state index contributed by atoms with van der Waals surface area (Å²) in [5.74, 6) is 1.05. The number of hydrogen-bond acceptors (Lipinski definition) is 4. The van der Waals surface area contributed by atoms with Gasteiger partial charge >= 0.3 is 0 Å². The number of sulfone groups is 1. The molecule has 0 spiro atoms. The van der Waals surface area contributed by atoms with Gasteiger partial charge in [-0.25, -0.2) is 8.42 Å². The standard InChI is InChI=1S/C16H21NO4S/c1-2-7-17(14-6-9-22(19,20)11-14)16(18)13-3-4-15-12(10-13)5-8-21-15/h3-4,10,14H,2,5-9,11H2,1H3. The van der Waals surface area contributed by atoms with Crippen LogP contribution in [0, 0.1) is 0 Å². The van der Waals surface area contributed by atoms with Gasteiger partial charge in [-0.2, -0.15) is 0 Å². The average molecular weight is 323 g/mol. The Bertz CT molecular complexity index is 683. The highest BCUT2D eigenvalue weighted by Gasteiger charge is 2.34.